The van der Waals surface area contributed by atoms with Crippen LogP contribution in [0.1, 0.15) is 24.7 Å². The smallest absolute Gasteiger partial charge is 0.223 e. The number of aromatic amines is 1. The number of aliphatic hydroxyl groups excluding tert-OH is 1. The predicted octanol–water partition coefficient (Wildman–Crippen LogP) is 1.64. The Labute approximate surface area is 118 Å². The molecule has 1 heterocycles. The van der Waals surface area contributed by atoms with Gasteiger partial charge in [-0.15, -0.1) is 0 Å². The lowest BCUT2D eigenvalue weighted by Gasteiger charge is -2.19. The molecule has 20 heavy (non-hydrogen) atoms. The number of benzene rings is 1. The minimum absolute atomic E-state index is 0.00339. The van der Waals surface area contributed by atoms with Crippen molar-refractivity contribution in [3.63, 3.8) is 0 Å². The Morgan fingerprint density at radius 1 is 1.45 bits per heavy atom. The summed E-state index contributed by atoms with van der Waals surface area (Å²) in [6, 6.07) is 6.01. The highest BCUT2D eigenvalue weighted by Crippen LogP contribution is 2.16. The van der Waals surface area contributed by atoms with E-state index in [0.717, 1.165) is 22.4 Å². The van der Waals surface area contributed by atoms with Gasteiger partial charge in [-0.3, -0.25) is 4.79 Å². The van der Waals surface area contributed by atoms with Crippen LogP contribution < -0.4 is 0 Å². The Balaban J connectivity index is 2.02. The average Bonchev–Trinajstić information content (AvgIpc) is 2.86. The maximum Gasteiger partial charge on any atom is 0.223 e. The molecule has 1 aromatic heterocycles. The number of fused-ring (bicyclic) bond motifs is 1. The summed E-state index contributed by atoms with van der Waals surface area (Å²) in [6.45, 7) is 4.97. The number of nitrogens with one attached hydrogen (secondary N) is 1. The number of hydrogen-bond donors (Lipinski definition) is 2. The monoisotopic (exact) mass is 275 g/mol. The SMILES string of the molecule is CCN(CCO)C(=O)CCc1nc2c(C)cccc2[nH]1. The summed E-state index contributed by atoms with van der Waals surface area (Å²) in [5.41, 5.74) is 3.11. The van der Waals surface area contributed by atoms with Gasteiger partial charge in [-0.25, -0.2) is 4.98 Å². The highest BCUT2D eigenvalue weighted by molar-refractivity contribution is 5.79. The number of para-hydroxylation sites is 1. The molecule has 2 N–H and O–H groups in total. The number of aliphatic hydroxyl groups is 1. The highest BCUT2D eigenvalue weighted by Gasteiger charge is 2.12. The van der Waals surface area contributed by atoms with E-state index in [9.17, 15) is 4.79 Å². The summed E-state index contributed by atoms with van der Waals surface area (Å²) in [7, 11) is 0. The Kier molecular flexibility index (Phi) is 4.74. The number of likely N-dealkylation sites (N-methyl/N-ethyl adjacent to an activating group) is 1. The van der Waals surface area contributed by atoms with Crippen LogP contribution in [0.15, 0.2) is 18.2 Å². The number of rotatable bonds is 6. The summed E-state index contributed by atoms with van der Waals surface area (Å²) in [4.78, 5) is 21.4. The predicted molar refractivity (Wildman–Crippen MR) is 78.5 cm³/mol. The van der Waals surface area contributed by atoms with Gasteiger partial charge in [0, 0.05) is 25.9 Å². The van der Waals surface area contributed by atoms with E-state index in [-0.39, 0.29) is 12.5 Å². The van der Waals surface area contributed by atoms with Crippen LogP contribution >= 0.6 is 0 Å². The molecule has 0 spiro atoms. The highest BCUT2D eigenvalue weighted by atomic mass is 16.3. The number of H-pyrrole nitrogens is 1. The van der Waals surface area contributed by atoms with E-state index in [1.54, 1.807) is 4.90 Å². The van der Waals surface area contributed by atoms with E-state index in [2.05, 4.69) is 9.97 Å². The first kappa shape index (κ1) is 14.5. The molecule has 0 saturated heterocycles. The topological polar surface area (TPSA) is 69.2 Å². The van der Waals surface area contributed by atoms with Crippen molar-refractivity contribution in [2.45, 2.75) is 26.7 Å². The zero-order chi connectivity index (χ0) is 14.5. The van der Waals surface area contributed by atoms with Gasteiger partial charge >= 0.3 is 0 Å². The quantitative estimate of drug-likeness (QED) is 0.842. The number of hydrogen-bond acceptors (Lipinski definition) is 3. The molecule has 0 aliphatic rings. The van der Waals surface area contributed by atoms with E-state index in [1.165, 1.54) is 0 Å². The second kappa shape index (κ2) is 6.52. The molecule has 0 aliphatic carbocycles. The average molecular weight is 275 g/mol. The van der Waals surface area contributed by atoms with Crippen LogP contribution in [0.5, 0.6) is 0 Å². The molecule has 0 unspecified atom stereocenters. The molecule has 108 valence electrons. The van der Waals surface area contributed by atoms with Gasteiger partial charge in [0.2, 0.25) is 5.91 Å². The van der Waals surface area contributed by atoms with Crippen LogP contribution in [0.4, 0.5) is 0 Å². The first-order chi connectivity index (χ1) is 9.65. The minimum atomic E-state index is 0.00339. The van der Waals surface area contributed by atoms with Crippen LogP contribution in [-0.2, 0) is 11.2 Å². The Morgan fingerprint density at radius 2 is 2.25 bits per heavy atom. The largest absolute Gasteiger partial charge is 0.395 e. The molecular weight excluding hydrogens is 254 g/mol. The van der Waals surface area contributed by atoms with Gasteiger partial charge in [-0.1, -0.05) is 12.1 Å². The lowest BCUT2D eigenvalue weighted by atomic mass is 10.2. The second-order valence-electron chi connectivity index (χ2n) is 4.85. The fourth-order valence-electron chi connectivity index (χ4n) is 2.31. The van der Waals surface area contributed by atoms with Crippen molar-refractivity contribution < 1.29 is 9.90 Å². The number of imidazole rings is 1. The summed E-state index contributed by atoms with van der Waals surface area (Å²) >= 11 is 0. The lowest BCUT2D eigenvalue weighted by molar-refractivity contribution is -0.131. The van der Waals surface area contributed by atoms with Crippen LogP contribution in [0, 0.1) is 6.92 Å². The van der Waals surface area contributed by atoms with Crippen LogP contribution in [0.2, 0.25) is 0 Å². The Hall–Kier alpha value is -1.88. The van der Waals surface area contributed by atoms with Crippen LogP contribution in [0.3, 0.4) is 0 Å². The molecule has 0 atom stereocenters. The van der Waals surface area contributed by atoms with Crippen LogP contribution in [-0.4, -0.2) is 45.6 Å². The van der Waals surface area contributed by atoms with Gasteiger partial charge in [0.1, 0.15) is 5.82 Å². The molecule has 5 heteroatoms. The number of amides is 1. The summed E-state index contributed by atoms with van der Waals surface area (Å²) in [5.74, 6) is 0.890. The van der Waals surface area contributed by atoms with E-state index in [1.807, 2.05) is 32.0 Å². The van der Waals surface area contributed by atoms with Crippen molar-refractivity contribution in [3.05, 3.63) is 29.6 Å². The van der Waals surface area contributed by atoms with Crippen molar-refractivity contribution in [2.75, 3.05) is 19.7 Å². The maximum atomic E-state index is 12.0. The van der Waals surface area contributed by atoms with Crippen molar-refractivity contribution in [2.24, 2.45) is 0 Å². The van der Waals surface area contributed by atoms with E-state index < -0.39 is 0 Å². The summed E-state index contributed by atoms with van der Waals surface area (Å²) < 4.78 is 0. The second-order valence-corrected chi connectivity index (χ2v) is 4.85. The van der Waals surface area contributed by atoms with E-state index >= 15 is 0 Å². The molecular formula is C15H21N3O2. The normalized spacial score (nSPS) is 10.9. The Morgan fingerprint density at radius 3 is 2.90 bits per heavy atom. The maximum absolute atomic E-state index is 12.0. The van der Waals surface area contributed by atoms with Gasteiger partial charge < -0.3 is 15.0 Å². The summed E-state index contributed by atoms with van der Waals surface area (Å²) in [6.07, 6.45) is 1.00. The molecule has 2 aromatic rings. The number of carbonyl (C=O) groups is 1. The minimum Gasteiger partial charge on any atom is -0.395 e. The standard InChI is InChI=1S/C15H21N3O2/c1-3-18(9-10-19)14(20)8-7-13-16-12-6-4-5-11(2)15(12)17-13/h4-6,19H,3,7-10H2,1-2H3,(H,16,17). The zero-order valence-electron chi connectivity index (χ0n) is 12.0. The third kappa shape index (κ3) is 3.17. The molecule has 0 aliphatic heterocycles. The molecule has 2 rings (SSSR count). The lowest BCUT2D eigenvalue weighted by Crippen LogP contribution is -2.33. The molecule has 0 saturated carbocycles. The fraction of sp³-hybridized carbons (Fsp3) is 0.467. The van der Waals surface area contributed by atoms with Gasteiger partial charge in [0.25, 0.3) is 0 Å². The molecule has 0 fully saturated rings. The molecule has 1 aromatic carbocycles. The molecule has 1 amide bonds. The first-order valence-electron chi connectivity index (χ1n) is 6.98. The van der Waals surface area contributed by atoms with Gasteiger partial charge in [0.15, 0.2) is 0 Å². The first-order valence-corrected chi connectivity index (χ1v) is 6.98. The van der Waals surface area contributed by atoms with Crippen molar-refractivity contribution in [1.82, 2.24) is 14.9 Å². The van der Waals surface area contributed by atoms with Gasteiger partial charge in [-0.05, 0) is 25.5 Å². The number of carbonyl (C=O) groups excluding carboxylic acids is 1. The van der Waals surface area contributed by atoms with Crippen LogP contribution in [0.25, 0.3) is 11.0 Å². The van der Waals surface area contributed by atoms with Gasteiger partial charge in [0.05, 0.1) is 17.6 Å². The molecule has 0 bridgehead atoms. The van der Waals surface area contributed by atoms with Gasteiger partial charge in [-0.2, -0.15) is 0 Å². The van der Waals surface area contributed by atoms with E-state index in [4.69, 9.17) is 5.11 Å². The van der Waals surface area contributed by atoms with Crippen molar-refractivity contribution in [1.29, 1.82) is 0 Å². The Bertz CT molecular complexity index is 592. The van der Waals surface area contributed by atoms with E-state index in [0.29, 0.717) is 25.9 Å². The molecule has 0 radical (unpaired) electrons. The fourth-order valence-corrected chi connectivity index (χ4v) is 2.31. The van der Waals surface area contributed by atoms with Crippen molar-refractivity contribution >= 4 is 16.9 Å². The third-order valence-corrected chi connectivity index (χ3v) is 3.44. The third-order valence-electron chi connectivity index (χ3n) is 3.44. The number of aryl methyl sites for hydroxylation is 2. The summed E-state index contributed by atoms with van der Waals surface area (Å²) in [5, 5.41) is 8.92. The van der Waals surface area contributed by atoms with Crippen molar-refractivity contribution in [3.8, 4) is 0 Å². The molecule has 5 nitrogen and oxygen atoms in total. The number of aromatic nitrogens is 2. The zero-order valence-corrected chi connectivity index (χ0v) is 12.0. The number of nitrogens with zero attached hydrogens (tertiary/aromatic N) is 2.